The number of rotatable bonds is 2. The summed E-state index contributed by atoms with van der Waals surface area (Å²) in [6.07, 6.45) is 6.73. The van der Waals surface area contributed by atoms with Crippen LogP contribution in [0.3, 0.4) is 0 Å². The number of hydrogen-bond donors (Lipinski definition) is 0. The van der Waals surface area contributed by atoms with E-state index in [4.69, 9.17) is 16.3 Å². The van der Waals surface area contributed by atoms with E-state index in [0.717, 1.165) is 24.4 Å². The highest BCUT2D eigenvalue weighted by Crippen LogP contribution is 2.38. The minimum atomic E-state index is 0.433. The molecule has 4 heteroatoms. The third kappa shape index (κ3) is 2.63. The molecule has 102 valence electrons. The molecule has 1 aromatic heterocycles. The van der Waals surface area contributed by atoms with Gasteiger partial charge >= 0.3 is 0 Å². The van der Waals surface area contributed by atoms with Crippen LogP contribution >= 0.6 is 11.6 Å². The minimum Gasteiger partial charge on any atom is -0.494 e. The molecule has 0 unspecified atom stereocenters. The molecule has 0 amide bonds. The van der Waals surface area contributed by atoms with E-state index < -0.39 is 0 Å². The van der Waals surface area contributed by atoms with Crippen LogP contribution in [0, 0.1) is 11.8 Å². The van der Waals surface area contributed by atoms with Crippen LogP contribution in [0.5, 0.6) is 5.75 Å². The second-order valence-electron chi connectivity index (χ2n) is 5.70. The maximum Gasteiger partial charge on any atom is 0.171 e. The van der Waals surface area contributed by atoms with Crippen LogP contribution in [-0.2, 0) is 0 Å². The molecule has 2 aliphatic rings. The predicted molar refractivity (Wildman–Crippen MR) is 77.5 cm³/mol. The number of aromatic nitrogens is 1. The number of fused-ring (bicyclic) bond motifs is 2. The van der Waals surface area contributed by atoms with E-state index in [1.54, 1.807) is 7.11 Å². The van der Waals surface area contributed by atoms with Gasteiger partial charge in [-0.1, -0.05) is 17.7 Å². The molecule has 2 atom stereocenters. The number of halogens is 1. The fourth-order valence-corrected chi connectivity index (χ4v) is 3.57. The van der Waals surface area contributed by atoms with Crippen molar-refractivity contribution < 1.29 is 4.74 Å². The lowest BCUT2D eigenvalue weighted by molar-refractivity contribution is 0.170. The first-order valence-electron chi connectivity index (χ1n) is 6.75. The van der Waals surface area contributed by atoms with E-state index >= 15 is 0 Å². The van der Waals surface area contributed by atoms with Crippen molar-refractivity contribution in [3.63, 3.8) is 0 Å². The molecule has 0 spiro atoms. The van der Waals surface area contributed by atoms with Gasteiger partial charge in [0, 0.05) is 19.3 Å². The first-order chi connectivity index (χ1) is 9.15. The van der Waals surface area contributed by atoms with Crippen molar-refractivity contribution in [3.05, 3.63) is 29.1 Å². The number of hydrogen-bond acceptors (Lipinski definition) is 3. The number of piperidine rings is 1. The Morgan fingerprint density at radius 3 is 3.00 bits per heavy atom. The Balaban J connectivity index is 1.90. The van der Waals surface area contributed by atoms with Crippen LogP contribution in [0.2, 0.25) is 5.15 Å². The summed E-state index contributed by atoms with van der Waals surface area (Å²) in [7, 11) is 3.84. The van der Waals surface area contributed by atoms with Gasteiger partial charge in [0.2, 0.25) is 0 Å². The number of methoxy groups -OCH3 is 1. The van der Waals surface area contributed by atoms with Crippen molar-refractivity contribution in [2.75, 3.05) is 27.2 Å². The predicted octanol–water partition coefficient (Wildman–Crippen LogP) is 3.10. The Morgan fingerprint density at radius 2 is 2.26 bits per heavy atom. The summed E-state index contributed by atoms with van der Waals surface area (Å²) in [5.74, 6) is 2.10. The average Bonchev–Trinajstić information content (AvgIpc) is 2.37. The van der Waals surface area contributed by atoms with Crippen molar-refractivity contribution in [3.8, 4) is 5.75 Å². The zero-order chi connectivity index (χ0) is 13.4. The standard InChI is InChI=1S/C15H19ClN2O/c1-18-8-10-3-11(9-18)5-12(4-10)13-6-14(19-2)15(16)17-7-13/h4,6-7,10-11H,3,5,8-9H2,1-2H3/t10-,11+/m1/s1. The van der Waals surface area contributed by atoms with Crippen molar-refractivity contribution in [2.24, 2.45) is 11.8 Å². The summed E-state index contributed by atoms with van der Waals surface area (Å²) >= 11 is 5.99. The van der Waals surface area contributed by atoms with E-state index in [-0.39, 0.29) is 0 Å². The fourth-order valence-electron chi connectivity index (χ4n) is 3.39. The van der Waals surface area contributed by atoms with Gasteiger partial charge in [-0.15, -0.1) is 0 Å². The largest absolute Gasteiger partial charge is 0.494 e. The van der Waals surface area contributed by atoms with Crippen LogP contribution in [0.4, 0.5) is 0 Å². The van der Waals surface area contributed by atoms with E-state index in [2.05, 4.69) is 23.0 Å². The first kappa shape index (κ1) is 12.9. The summed E-state index contributed by atoms with van der Waals surface area (Å²) in [4.78, 5) is 6.66. The Bertz CT molecular complexity index is 515. The molecule has 19 heavy (non-hydrogen) atoms. The minimum absolute atomic E-state index is 0.433. The van der Waals surface area contributed by atoms with Crippen LogP contribution < -0.4 is 4.74 Å². The highest BCUT2D eigenvalue weighted by Gasteiger charge is 2.29. The van der Waals surface area contributed by atoms with Gasteiger partial charge in [0.1, 0.15) is 0 Å². The monoisotopic (exact) mass is 278 g/mol. The molecule has 1 fully saturated rings. The number of allylic oxidation sites excluding steroid dienone is 1. The summed E-state index contributed by atoms with van der Waals surface area (Å²) in [6, 6.07) is 2.01. The van der Waals surface area contributed by atoms with Crippen LogP contribution in [0.15, 0.2) is 18.3 Å². The molecule has 3 nitrogen and oxygen atoms in total. The molecular formula is C15H19ClN2O. The van der Waals surface area contributed by atoms with Gasteiger partial charge in [-0.2, -0.15) is 0 Å². The van der Waals surface area contributed by atoms with Gasteiger partial charge in [0.05, 0.1) is 7.11 Å². The summed E-state index contributed by atoms with van der Waals surface area (Å²) in [6.45, 7) is 2.37. The number of pyridine rings is 1. The summed E-state index contributed by atoms with van der Waals surface area (Å²) < 4.78 is 5.26. The molecule has 0 radical (unpaired) electrons. The lowest BCUT2D eigenvalue weighted by Crippen LogP contribution is -2.39. The maximum atomic E-state index is 5.99. The number of nitrogens with zero attached hydrogens (tertiary/aromatic N) is 2. The van der Waals surface area contributed by atoms with Gasteiger partial charge in [0.25, 0.3) is 0 Å². The molecule has 1 aliphatic heterocycles. The van der Waals surface area contributed by atoms with Gasteiger partial charge in [-0.25, -0.2) is 4.98 Å². The molecule has 1 saturated heterocycles. The van der Waals surface area contributed by atoms with Gasteiger partial charge in [-0.05, 0) is 48.9 Å². The summed E-state index contributed by atoms with van der Waals surface area (Å²) in [5, 5.41) is 0.433. The first-order valence-corrected chi connectivity index (χ1v) is 7.12. The Kier molecular flexibility index (Phi) is 3.50. The highest BCUT2D eigenvalue weighted by molar-refractivity contribution is 6.30. The van der Waals surface area contributed by atoms with Crippen molar-refractivity contribution in [1.29, 1.82) is 0 Å². The molecule has 0 N–H and O–H groups in total. The second-order valence-corrected chi connectivity index (χ2v) is 6.05. The van der Waals surface area contributed by atoms with Crippen LogP contribution in [0.25, 0.3) is 5.57 Å². The smallest absolute Gasteiger partial charge is 0.171 e. The Hall–Kier alpha value is -1.06. The lowest BCUT2D eigenvalue weighted by Gasteiger charge is -2.38. The molecule has 3 rings (SSSR count). The molecule has 2 heterocycles. The SMILES string of the molecule is COc1cc(C2=C[C@H]3C[C@@H](C2)CN(C)C3)cnc1Cl. The van der Waals surface area contributed by atoms with E-state index in [9.17, 15) is 0 Å². The Morgan fingerprint density at radius 1 is 1.42 bits per heavy atom. The lowest BCUT2D eigenvalue weighted by atomic mass is 9.77. The number of ether oxygens (including phenoxy) is 1. The summed E-state index contributed by atoms with van der Waals surface area (Å²) in [5.41, 5.74) is 2.55. The van der Waals surface area contributed by atoms with Crippen LogP contribution in [-0.4, -0.2) is 37.1 Å². The fraction of sp³-hybridized carbons (Fsp3) is 0.533. The topological polar surface area (TPSA) is 25.4 Å². The average molecular weight is 279 g/mol. The Labute approximate surface area is 119 Å². The molecular weight excluding hydrogens is 260 g/mol. The van der Waals surface area contributed by atoms with Crippen molar-refractivity contribution >= 4 is 17.2 Å². The zero-order valence-corrected chi connectivity index (χ0v) is 12.2. The van der Waals surface area contributed by atoms with Gasteiger partial charge in [0.15, 0.2) is 10.9 Å². The molecule has 0 aromatic carbocycles. The molecule has 0 saturated carbocycles. The molecule has 1 aromatic rings. The second kappa shape index (κ2) is 5.14. The van der Waals surface area contributed by atoms with Gasteiger partial charge in [-0.3, -0.25) is 0 Å². The van der Waals surface area contributed by atoms with E-state index in [1.165, 1.54) is 18.5 Å². The highest BCUT2D eigenvalue weighted by atomic mass is 35.5. The third-order valence-corrected chi connectivity index (χ3v) is 4.38. The normalized spacial score (nSPS) is 27.0. The van der Waals surface area contributed by atoms with Crippen LogP contribution in [0.1, 0.15) is 18.4 Å². The third-order valence-electron chi connectivity index (χ3n) is 4.10. The van der Waals surface area contributed by atoms with Crippen molar-refractivity contribution in [2.45, 2.75) is 12.8 Å². The van der Waals surface area contributed by atoms with E-state index in [0.29, 0.717) is 16.8 Å². The van der Waals surface area contributed by atoms with Crippen molar-refractivity contribution in [1.82, 2.24) is 9.88 Å². The number of likely N-dealkylation sites (tertiary alicyclic amines) is 1. The quantitative estimate of drug-likeness (QED) is 0.778. The van der Waals surface area contributed by atoms with Gasteiger partial charge < -0.3 is 9.64 Å². The molecule has 2 bridgehead atoms. The maximum absolute atomic E-state index is 5.99. The zero-order valence-electron chi connectivity index (χ0n) is 11.4. The van der Waals surface area contributed by atoms with E-state index in [1.807, 2.05) is 12.3 Å². The molecule has 1 aliphatic carbocycles.